The van der Waals surface area contributed by atoms with Crippen molar-refractivity contribution in [3.8, 4) is 11.5 Å². The fraction of sp³-hybridized carbons (Fsp3) is 0.389. The molecular formula is C18H22N2O5S2. The topological polar surface area (TPSA) is 84.9 Å². The number of carbonyl (C=O) groups is 1. The van der Waals surface area contributed by atoms with Gasteiger partial charge in [0, 0.05) is 18.3 Å². The van der Waals surface area contributed by atoms with Gasteiger partial charge in [0.15, 0.2) is 11.5 Å². The van der Waals surface area contributed by atoms with E-state index in [1.54, 1.807) is 25.1 Å². The van der Waals surface area contributed by atoms with Crippen molar-refractivity contribution in [3.05, 3.63) is 41.3 Å². The van der Waals surface area contributed by atoms with Crippen molar-refractivity contribution < 1.29 is 22.7 Å². The number of carbonyl (C=O) groups excluding carboxylic acids is 1. The fourth-order valence-electron chi connectivity index (χ4n) is 2.71. The smallest absolute Gasteiger partial charge is 0.252 e. The molecule has 1 aliphatic rings. The molecule has 1 aliphatic heterocycles. The predicted octanol–water partition coefficient (Wildman–Crippen LogP) is 2.23. The molecule has 2 aromatic rings. The number of likely N-dealkylation sites (N-methyl/N-ethyl adjacent to an activating group) is 1. The highest BCUT2D eigenvalue weighted by Crippen LogP contribution is 2.32. The summed E-state index contributed by atoms with van der Waals surface area (Å²) >= 11 is 1.16. The molecule has 7 nitrogen and oxygen atoms in total. The van der Waals surface area contributed by atoms with Crippen molar-refractivity contribution in [2.45, 2.75) is 30.7 Å². The number of nitrogens with one attached hydrogen (secondary N) is 1. The van der Waals surface area contributed by atoms with Gasteiger partial charge in [-0.2, -0.15) is 4.31 Å². The largest absolute Gasteiger partial charge is 0.486 e. The minimum Gasteiger partial charge on any atom is -0.486 e. The van der Waals surface area contributed by atoms with E-state index in [9.17, 15) is 13.2 Å². The Morgan fingerprint density at radius 3 is 2.70 bits per heavy atom. The Labute approximate surface area is 163 Å². The van der Waals surface area contributed by atoms with E-state index < -0.39 is 10.0 Å². The van der Waals surface area contributed by atoms with Gasteiger partial charge in [0.05, 0.1) is 13.1 Å². The zero-order valence-electron chi connectivity index (χ0n) is 15.2. The summed E-state index contributed by atoms with van der Waals surface area (Å²) < 4.78 is 39.2. The van der Waals surface area contributed by atoms with Crippen molar-refractivity contribution >= 4 is 27.3 Å². The third-order valence-corrected chi connectivity index (χ3v) is 7.56. The Morgan fingerprint density at radius 2 is 2.00 bits per heavy atom. The molecular weight excluding hydrogens is 388 g/mol. The highest BCUT2D eigenvalue weighted by Gasteiger charge is 2.30. The van der Waals surface area contributed by atoms with Gasteiger partial charge in [-0.25, -0.2) is 8.42 Å². The number of benzene rings is 1. The molecule has 1 N–H and O–H groups in total. The van der Waals surface area contributed by atoms with Gasteiger partial charge >= 0.3 is 0 Å². The van der Waals surface area contributed by atoms with Crippen molar-refractivity contribution in [3.63, 3.8) is 0 Å². The van der Waals surface area contributed by atoms with Crippen molar-refractivity contribution in [1.82, 2.24) is 9.62 Å². The zero-order chi connectivity index (χ0) is 19.4. The number of hydrogen-bond donors (Lipinski definition) is 1. The number of thiophene rings is 1. The maximum atomic E-state index is 13.0. The summed E-state index contributed by atoms with van der Waals surface area (Å²) in [4.78, 5) is 11.8. The number of ether oxygens (including phenoxy) is 2. The van der Waals surface area contributed by atoms with E-state index in [1.807, 2.05) is 18.2 Å². The van der Waals surface area contributed by atoms with Gasteiger partial charge in [-0.1, -0.05) is 19.1 Å². The fourth-order valence-corrected chi connectivity index (χ4v) is 5.64. The van der Waals surface area contributed by atoms with Crippen LogP contribution >= 0.6 is 11.3 Å². The molecule has 9 heteroatoms. The molecule has 1 atom stereocenters. The molecule has 1 aromatic carbocycles. The highest BCUT2D eigenvalue weighted by molar-refractivity contribution is 7.91. The van der Waals surface area contributed by atoms with Crippen LogP contribution in [-0.2, 0) is 21.4 Å². The van der Waals surface area contributed by atoms with Crippen LogP contribution in [0.2, 0.25) is 0 Å². The summed E-state index contributed by atoms with van der Waals surface area (Å²) in [7, 11) is -3.64. The van der Waals surface area contributed by atoms with E-state index in [4.69, 9.17) is 9.47 Å². The molecule has 3 rings (SSSR count). The Kier molecular flexibility index (Phi) is 6.03. The lowest BCUT2D eigenvalue weighted by atomic mass is 10.2. The molecule has 2 heterocycles. The third kappa shape index (κ3) is 4.60. The first-order chi connectivity index (χ1) is 12.9. The van der Waals surface area contributed by atoms with E-state index in [0.29, 0.717) is 31.2 Å². The minimum absolute atomic E-state index is 0.155. The van der Waals surface area contributed by atoms with Crippen molar-refractivity contribution in [2.75, 3.05) is 19.7 Å². The molecule has 1 aromatic heterocycles. The first kappa shape index (κ1) is 19.7. The van der Waals surface area contributed by atoms with E-state index >= 15 is 0 Å². The first-order valence-electron chi connectivity index (χ1n) is 8.62. The Morgan fingerprint density at radius 1 is 1.26 bits per heavy atom. The standard InChI is InChI=1S/C18H22N2O5S2/c1-3-20(11-14-12-24-16-6-4-5-7-17(16)25-14)27(22,23)18-9-8-15(26-18)10-19-13(2)21/h4-9,14H,3,10-12H2,1-2H3,(H,19,21). The average molecular weight is 411 g/mol. The Bertz CT molecular complexity index is 910. The van der Waals surface area contributed by atoms with Gasteiger partial charge in [0.25, 0.3) is 10.0 Å². The lowest BCUT2D eigenvalue weighted by Gasteiger charge is -2.30. The summed E-state index contributed by atoms with van der Waals surface area (Å²) in [6.07, 6.45) is -0.381. The van der Waals surface area contributed by atoms with Crippen molar-refractivity contribution in [2.24, 2.45) is 0 Å². The molecule has 146 valence electrons. The van der Waals surface area contributed by atoms with Gasteiger partial charge in [-0.15, -0.1) is 11.3 Å². The maximum absolute atomic E-state index is 13.0. The second kappa shape index (κ2) is 8.28. The summed E-state index contributed by atoms with van der Waals surface area (Å²) in [6, 6.07) is 10.6. The van der Waals surface area contributed by atoms with Crippen LogP contribution in [0.25, 0.3) is 0 Å². The van der Waals surface area contributed by atoms with Crippen LogP contribution in [0.5, 0.6) is 11.5 Å². The van der Waals surface area contributed by atoms with Gasteiger partial charge in [-0.3, -0.25) is 4.79 Å². The van der Waals surface area contributed by atoms with Gasteiger partial charge in [0.1, 0.15) is 16.9 Å². The monoisotopic (exact) mass is 410 g/mol. The number of amides is 1. The van der Waals surface area contributed by atoms with Gasteiger partial charge < -0.3 is 14.8 Å². The molecule has 0 aliphatic carbocycles. The number of sulfonamides is 1. The van der Waals surface area contributed by atoms with Crippen LogP contribution in [0.15, 0.2) is 40.6 Å². The van der Waals surface area contributed by atoms with Crippen LogP contribution < -0.4 is 14.8 Å². The predicted molar refractivity (Wildman–Crippen MR) is 103 cm³/mol. The van der Waals surface area contributed by atoms with Crippen LogP contribution in [0.1, 0.15) is 18.7 Å². The third-order valence-electron chi connectivity index (χ3n) is 4.07. The molecule has 1 amide bonds. The molecule has 0 bridgehead atoms. The maximum Gasteiger partial charge on any atom is 0.252 e. The molecule has 0 spiro atoms. The van der Waals surface area contributed by atoms with Gasteiger partial charge in [-0.05, 0) is 24.3 Å². The summed E-state index contributed by atoms with van der Waals surface area (Å²) in [5, 5.41) is 2.67. The summed E-state index contributed by atoms with van der Waals surface area (Å²) in [5.74, 6) is 1.13. The zero-order valence-corrected chi connectivity index (χ0v) is 16.8. The lowest BCUT2D eigenvalue weighted by Crippen LogP contribution is -2.43. The van der Waals surface area contributed by atoms with E-state index in [2.05, 4.69) is 5.32 Å². The average Bonchev–Trinajstić information content (AvgIpc) is 3.14. The number of para-hydroxylation sites is 2. The van der Waals surface area contributed by atoms with Gasteiger partial charge in [0.2, 0.25) is 5.91 Å². The summed E-state index contributed by atoms with van der Waals surface area (Å²) in [6.45, 7) is 4.35. The lowest BCUT2D eigenvalue weighted by molar-refractivity contribution is -0.119. The molecule has 0 radical (unpaired) electrons. The Balaban J connectivity index is 1.70. The molecule has 0 saturated heterocycles. The number of fused-ring (bicyclic) bond motifs is 1. The van der Waals surface area contributed by atoms with Crippen LogP contribution in [0, 0.1) is 0 Å². The number of rotatable bonds is 7. The van der Waals surface area contributed by atoms with Crippen molar-refractivity contribution in [1.29, 1.82) is 0 Å². The second-order valence-electron chi connectivity index (χ2n) is 6.08. The normalized spacial score (nSPS) is 16.3. The highest BCUT2D eigenvalue weighted by atomic mass is 32.2. The van der Waals surface area contributed by atoms with Crippen LogP contribution in [-0.4, -0.2) is 44.4 Å². The van der Waals surface area contributed by atoms with E-state index in [1.165, 1.54) is 11.2 Å². The minimum atomic E-state index is -3.64. The van der Waals surface area contributed by atoms with E-state index in [-0.39, 0.29) is 22.8 Å². The number of nitrogens with zero attached hydrogens (tertiary/aromatic N) is 1. The Hall–Kier alpha value is -2.10. The first-order valence-corrected chi connectivity index (χ1v) is 10.9. The molecule has 0 fully saturated rings. The molecule has 27 heavy (non-hydrogen) atoms. The SMILES string of the molecule is CCN(CC1COc2ccccc2O1)S(=O)(=O)c1ccc(CNC(C)=O)s1. The summed E-state index contributed by atoms with van der Waals surface area (Å²) in [5.41, 5.74) is 0. The molecule has 0 saturated carbocycles. The van der Waals surface area contributed by atoms with Crippen LogP contribution in [0.4, 0.5) is 0 Å². The second-order valence-corrected chi connectivity index (χ2v) is 9.42. The van der Waals surface area contributed by atoms with E-state index in [0.717, 1.165) is 16.2 Å². The number of hydrogen-bond acceptors (Lipinski definition) is 6. The quantitative estimate of drug-likeness (QED) is 0.757. The molecule has 1 unspecified atom stereocenters. The van der Waals surface area contributed by atoms with Crippen LogP contribution in [0.3, 0.4) is 0 Å².